The number of ether oxygens (including phenoxy) is 1. The molecule has 0 unspecified atom stereocenters. The molecule has 0 saturated carbocycles. The average molecular weight is 383 g/mol. The van der Waals surface area contributed by atoms with Crippen LogP contribution in [-0.4, -0.2) is 43.0 Å². The SMILES string of the molecule is COc1ccc(/C=C/C(=O)NC(=S)Nc2ccccc2C(=O)N(C)C)cc1. The number of nitrogens with zero attached hydrogens (tertiary/aromatic N) is 1. The van der Waals surface area contributed by atoms with Gasteiger partial charge in [0, 0.05) is 20.2 Å². The summed E-state index contributed by atoms with van der Waals surface area (Å²) in [5.41, 5.74) is 1.85. The van der Waals surface area contributed by atoms with Crippen LogP contribution in [-0.2, 0) is 4.79 Å². The molecule has 27 heavy (non-hydrogen) atoms. The van der Waals surface area contributed by atoms with E-state index in [1.807, 2.05) is 24.3 Å². The second-order valence-electron chi connectivity index (χ2n) is 5.80. The summed E-state index contributed by atoms with van der Waals surface area (Å²) in [6, 6.07) is 14.3. The highest BCUT2D eigenvalue weighted by atomic mass is 32.1. The van der Waals surface area contributed by atoms with Gasteiger partial charge >= 0.3 is 0 Å². The number of hydrogen-bond acceptors (Lipinski definition) is 4. The van der Waals surface area contributed by atoms with Gasteiger partial charge in [-0.15, -0.1) is 0 Å². The van der Waals surface area contributed by atoms with E-state index in [0.29, 0.717) is 11.3 Å². The fourth-order valence-electron chi connectivity index (χ4n) is 2.21. The first-order valence-corrected chi connectivity index (χ1v) is 8.56. The lowest BCUT2D eigenvalue weighted by atomic mass is 10.1. The van der Waals surface area contributed by atoms with Crippen LogP contribution in [0.15, 0.2) is 54.6 Å². The van der Waals surface area contributed by atoms with Crippen LogP contribution in [0.5, 0.6) is 5.75 Å². The highest BCUT2D eigenvalue weighted by Gasteiger charge is 2.13. The summed E-state index contributed by atoms with van der Waals surface area (Å²) in [4.78, 5) is 25.7. The number of rotatable bonds is 5. The summed E-state index contributed by atoms with van der Waals surface area (Å²) in [5, 5.41) is 5.56. The van der Waals surface area contributed by atoms with Crippen molar-refractivity contribution in [2.45, 2.75) is 0 Å². The van der Waals surface area contributed by atoms with E-state index in [1.165, 1.54) is 11.0 Å². The van der Waals surface area contributed by atoms with Gasteiger partial charge in [0.25, 0.3) is 5.91 Å². The van der Waals surface area contributed by atoms with Gasteiger partial charge in [0.2, 0.25) is 5.91 Å². The van der Waals surface area contributed by atoms with E-state index in [1.54, 1.807) is 51.5 Å². The van der Waals surface area contributed by atoms with E-state index < -0.39 is 0 Å². The molecule has 2 aromatic carbocycles. The number of carbonyl (C=O) groups is 2. The Balaban J connectivity index is 1.98. The highest BCUT2D eigenvalue weighted by molar-refractivity contribution is 7.80. The molecule has 2 N–H and O–H groups in total. The monoisotopic (exact) mass is 383 g/mol. The van der Waals surface area contributed by atoms with Gasteiger partial charge in [-0.3, -0.25) is 14.9 Å². The van der Waals surface area contributed by atoms with Gasteiger partial charge in [0.1, 0.15) is 5.75 Å². The fourth-order valence-corrected chi connectivity index (χ4v) is 2.42. The van der Waals surface area contributed by atoms with Gasteiger partial charge in [-0.1, -0.05) is 24.3 Å². The molecule has 2 aromatic rings. The van der Waals surface area contributed by atoms with Crippen molar-refractivity contribution in [1.82, 2.24) is 10.2 Å². The van der Waals surface area contributed by atoms with Crippen molar-refractivity contribution in [2.75, 3.05) is 26.5 Å². The zero-order valence-corrected chi connectivity index (χ0v) is 16.2. The molecule has 0 aliphatic rings. The lowest BCUT2D eigenvalue weighted by Crippen LogP contribution is -2.33. The predicted molar refractivity (Wildman–Crippen MR) is 111 cm³/mol. The van der Waals surface area contributed by atoms with Crippen molar-refractivity contribution in [1.29, 1.82) is 0 Å². The van der Waals surface area contributed by atoms with Crippen molar-refractivity contribution >= 4 is 40.9 Å². The second kappa shape index (κ2) is 9.49. The van der Waals surface area contributed by atoms with Gasteiger partial charge in [-0.05, 0) is 48.1 Å². The van der Waals surface area contributed by atoms with Gasteiger partial charge in [0.15, 0.2) is 5.11 Å². The molecule has 6 nitrogen and oxygen atoms in total. The molecule has 0 aliphatic heterocycles. The molecule has 7 heteroatoms. The Labute approximate surface area is 163 Å². The van der Waals surface area contributed by atoms with E-state index >= 15 is 0 Å². The molecule has 0 aliphatic carbocycles. The highest BCUT2D eigenvalue weighted by Crippen LogP contribution is 2.16. The summed E-state index contributed by atoms with van der Waals surface area (Å²) in [5.74, 6) is 0.208. The van der Waals surface area contributed by atoms with Crippen LogP contribution >= 0.6 is 12.2 Å². The number of carbonyl (C=O) groups excluding carboxylic acids is 2. The quantitative estimate of drug-likeness (QED) is 0.614. The minimum atomic E-state index is -0.375. The summed E-state index contributed by atoms with van der Waals surface area (Å²) < 4.78 is 5.09. The zero-order valence-electron chi connectivity index (χ0n) is 15.4. The number of thiocarbonyl (C=S) groups is 1. The molecule has 2 rings (SSSR count). The lowest BCUT2D eigenvalue weighted by Gasteiger charge is -2.15. The Bertz CT molecular complexity index is 861. The number of nitrogens with one attached hydrogen (secondary N) is 2. The third-order valence-corrected chi connectivity index (χ3v) is 3.80. The van der Waals surface area contributed by atoms with Crippen LogP contribution < -0.4 is 15.4 Å². The van der Waals surface area contributed by atoms with E-state index in [4.69, 9.17) is 17.0 Å². The zero-order chi connectivity index (χ0) is 19.8. The number of anilines is 1. The molecule has 0 bridgehead atoms. The van der Waals surface area contributed by atoms with Crippen molar-refractivity contribution in [2.24, 2.45) is 0 Å². The molecule has 0 saturated heterocycles. The summed E-state index contributed by atoms with van der Waals surface area (Å²) in [7, 11) is 4.93. The maximum Gasteiger partial charge on any atom is 0.255 e. The Kier molecular flexibility index (Phi) is 7.08. The number of methoxy groups -OCH3 is 1. The van der Waals surface area contributed by atoms with E-state index in [-0.39, 0.29) is 16.9 Å². The summed E-state index contributed by atoms with van der Waals surface area (Å²) >= 11 is 5.17. The topological polar surface area (TPSA) is 70.7 Å². The van der Waals surface area contributed by atoms with Gasteiger partial charge in [-0.25, -0.2) is 0 Å². The van der Waals surface area contributed by atoms with Crippen LogP contribution in [0.4, 0.5) is 5.69 Å². The van der Waals surface area contributed by atoms with Gasteiger partial charge in [0.05, 0.1) is 18.4 Å². The van der Waals surface area contributed by atoms with Crippen molar-refractivity contribution in [3.63, 3.8) is 0 Å². The van der Waals surface area contributed by atoms with E-state index in [9.17, 15) is 9.59 Å². The molecule has 2 amide bonds. The lowest BCUT2D eigenvalue weighted by molar-refractivity contribution is -0.115. The summed E-state index contributed by atoms with van der Waals surface area (Å²) in [6.07, 6.45) is 3.05. The molecular formula is C20H21N3O3S. The number of amides is 2. The van der Waals surface area contributed by atoms with Gasteiger partial charge in [-0.2, -0.15) is 0 Å². The summed E-state index contributed by atoms with van der Waals surface area (Å²) in [6.45, 7) is 0. The second-order valence-corrected chi connectivity index (χ2v) is 6.20. The molecule has 0 aromatic heterocycles. The molecule has 0 fully saturated rings. The van der Waals surface area contributed by atoms with Crippen LogP contribution in [0.25, 0.3) is 6.08 Å². The van der Waals surface area contributed by atoms with Crippen LogP contribution in [0.2, 0.25) is 0 Å². The maximum atomic E-state index is 12.2. The van der Waals surface area contributed by atoms with Crippen molar-refractivity contribution in [3.05, 3.63) is 65.7 Å². The fraction of sp³-hybridized carbons (Fsp3) is 0.150. The van der Waals surface area contributed by atoms with Gasteiger partial charge < -0.3 is 15.0 Å². The minimum Gasteiger partial charge on any atom is -0.497 e. The molecular weight excluding hydrogens is 362 g/mol. The van der Waals surface area contributed by atoms with E-state index in [2.05, 4.69) is 10.6 Å². The molecule has 140 valence electrons. The standard InChI is InChI=1S/C20H21N3O3S/c1-23(2)19(25)16-6-4-5-7-17(16)21-20(27)22-18(24)13-10-14-8-11-15(26-3)12-9-14/h4-13H,1-3H3,(H2,21,22,24,27)/b13-10+. The van der Waals surface area contributed by atoms with Crippen LogP contribution in [0.3, 0.4) is 0 Å². The predicted octanol–water partition coefficient (Wildman–Crippen LogP) is 2.92. The molecule has 0 heterocycles. The minimum absolute atomic E-state index is 0.110. The number of hydrogen-bond donors (Lipinski definition) is 2. The Hall–Kier alpha value is -3.19. The van der Waals surface area contributed by atoms with Crippen molar-refractivity contribution < 1.29 is 14.3 Å². The first-order valence-electron chi connectivity index (χ1n) is 8.15. The average Bonchev–Trinajstić information content (AvgIpc) is 2.66. The number of para-hydroxylation sites is 1. The molecule has 0 atom stereocenters. The van der Waals surface area contributed by atoms with Crippen LogP contribution in [0, 0.1) is 0 Å². The Morgan fingerprint density at radius 2 is 1.74 bits per heavy atom. The van der Waals surface area contributed by atoms with E-state index in [0.717, 1.165) is 11.3 Å². The maximum absolute atomic E-state index is 12.2. The largest absolute Gasteiger partial charge is 0.497 e. The molecule has 0 radical (unpaired) electrons. The Morgan fingerprint density at radius 1 is 1.07 bits per heavy atom. The Morgan fingerprint density at radius 3 is 2.37 bits per heavy atom. The van der Waals surface area contributed by atoms with Crippen molar-refractivity contribution in [3.8, 4) is 5.75 Å². The first kappa shape index (κ1) is 20.1. The normalized spacial score (nSPS) is 10.3. The van der Waals surface area contributed by atoms with Crippen LogP contribution in [0.1, 0.15) is 15.9 Å². The third kappa shape index (κ3) is 5.93. The first-order chi connectivity index (χ1) is 12.9. The molecule has 0 spiro atoms. The third-order valence-electron chi connectivity index (χ3n) is 3.59. The smallest absolute Gasteiger partial charge is 0.255 e. The number of benzene rings is 2.